The van der Waals surface area contributed by atoms with E-state index in [0.29, 0.717) is 5.91 Å². The summed E-state index contributed by atoms with van der Waals surface area (Å²) in [4.78, 5) is 27.0. The van der Waals surface area contributed by atoms with E-state index in [2.05, 4.69) is 32.3 Å². The predicted octanol–water partition coefficient (Wildman–Crippen LogP) is 3.42. The second-order valence-corrected chi connectivity index (χ2v) is 8.31. The highest BCUT2D eigenvalue weighted by Crippen LogP contribution is 2.35. The van der Waals surface area contributed by atoms with Gasteiger partial charge < -0.3 is 9.88 Å². The highest BCUT2D eigenvalue weighted by Gasteiger charge is 2.40. The lowest BCUT2D eigenvalue weighted by Crippen LogP contribution is -2.51. The molecule has 3 aromatic rings. The number of thiophene rings is 1. The number of H-pyrrole nitrogens is 1. The number of rotatable bonds is 4. The summed E-state index contributed by atoms with van der Waals surface area (Å²) in [6, 6.07) is 12.4. The number of benzene rings is 1. The van der Waals surface area contributed by atoms with Crippen LogP contribution in [-0.4, -0.2) is 45.3 Å². The summed E-state index contributed by atoms with van der Waals surface area (Å²) < 4.78 is 0. The Morgan fingerprint density at radius 1 is 1.19 bits per heavy atom. The van der Waals surface area contributed by atoms with Crippen molar-refractivity contribution in [3.8, 4) is 0 Å². The van der Waals surface area contributed by atoms with Crippen molar-refractivity contribution in [3.05, 3.63) is 52.5 Å². The van der Waals surface area contributed by atoms with Gasteiger partial charge in [-0.25, -0.2) is 4.98 Å². The largest absolute Gasteiger partial charge is 0.340 e. The summed E-state index contributed by atoms with van der Waals surface area (Å²) in [5.41, 5.74) is 2.01. The lowest BCUT2D eigenvalue weighted by molar-refractivity contribution is -0.138. The minimum atomic E-state index is 0.00390. The molecule has 3 heterocycles. The standard InChI is InChI=1S/C20H22N4OS/c25-20(14-7-8-14)24-10-9-23(12-15-4-3-11-26-15)13-18(24)19-21-16-5-1-2-6-17(16)22-19/h1-6,11,14,18H,7-10,12-13H2,(H,21,22). The van der Waals surface area contributed by atoms with Crippen LogP contribution in [-0.2, 0) is 11.3 Å². The van der Waals surface area contributed by atoms with E-state index in [1.165, 1.54) is 4.88 Å². The van der Waals surface area contributed by atoms with Crippen LogP contribution in [0.25, 0.3) is 11.0 Å². The van der Waals surface area contributed by atoms with Gasteiger partial charge >= 0.3 is 0 Å². The van der Waals surface area contributed by atoms with E-state index in [1.807, 2.05) is 24.3 Å². The summed E-state index contributed by atoms with van der Waals surface area (Å²) in [6.45, 7) is 3.48. The fourth-order valence-electron chi connectivity index (χ4n) is 3.80. The van der Waals surface area contributed by atoms with Gasteiger partial charge in [0.15, 0.2) is 0 Å². The molecule has 2 aromatic heterocycles. The van der Waals surface area contributed by atoms with Crippen molar-refractivity contribution in [2.45, 2.75) is 25.4 Å². The fourth-order valence-corrected chi connectivity index (χ4v) is 4.55. The minimum absolute atomic E-state index is 0.00390. The number of hydrogen-bond acceptors (Lipinski definition) is 4. The van der Waals surface area contributed by atoms with Crippen molar-refractivity contribution in [1.29, 1.82) is 0 Å². The van der Waals surface area contributed by atoms with Crippen LogP contribution in [0.4, 0.5) is 0 Å². The Bertz CT molecular complexity index is 882. The van der Waals surface area contributed by atoms with Crippen molar-refractivity contribution in [2.75, 3.05) is 19.6 Å². The van der Waals surface area contributed by atoms with Crippen molar-refractivity contribution in [1.82, 2.24) is 19.8 Å². The molecular formula is C20H22N4OS. The van der Waals surface area contributed by atoms with Gasteiger partial charge in [-0.2, -0.15) is 0 Å². The van der Waals surface area contributed by atoms with Crippen LogP contribution in [0.1, 0.15) is 29.6 Å². The van der Waals surface area contributed by atoms with Crippen LogP contribution < -0.4 is 0 Å². The van der Waals surface area contributed by atoms with E-state index in [9.17, 15) is 4.79 Å². The number of aromatic amines is 1. The first-order valence-electron chi connectivity index (χ1n) is 9.28. The highest BCUT2D eigenvalue weighted by molar-refractivity contribution is 7.09. The molecule has 1 amide bonds. The summed E-state index contributed by atoms with van der Waals surface area (Å²) in [5.74, 6) is 1.47. The normalized spacial score (nSPS) is 21.4. The number of fused-ring (bicyclic) bond motifs is 1. The molecule has 1 aliphatic heterocycles. The number of carbonyl (C=O) groups excluding carboxylic acids is 1. The van der Waals surface area contributed by atoms with Crippen LogP contribution in [0.2, 0.25) is 0 Å². The minimum Gasteiger partial charge on any atom is -0.340 e. The first-order valence-corrected chi connectivity index (χ1v) is 10.2. The molecule has 0 spiro atoms. The van der Waals surface area contributed by atoms with E-state index >= 15 is 0 Å². The maximum atomic E-state index is 12.9. The maximum Gasteiger partial charge on any atom is 0.226 e. The van der Waals surface area contributed by atoms with Crippen molar-refractivity contribution < 1.29 is 4.79 Å². The van der Waals surface area contributed by atoms with Crippen molar-refractivity contribution >= 4 is 28.3 Å². The van der Waals surface area contributed by atoms with Crippen LogP contribution in [0, 0.1) is 5.92 Å². The van der Waals surface area contributed by atoms with E-state index in [1.54, 1.807) is 11.3 Å². The van der Waals surface area contributed by atoms with Crippen molar-refractivity contribution in [3.63, 3.8) is 0 Å². The topological polar surface area (TPSA) is 52.2 Å². The van der Waals surface area contributed by atoms with Crippen LogP contribution >= 0.6 is 11.3 Å². The van der Waals surface area contributed by atoms with Gasteiger partial charge in [-0.05, 0) is 36.4 Å². The van der Waals surface area contributed by atoms with Gasteiger partial charge in [-0.15, -0.1) is 11.3 Å². The van der Waals surface area contributed by atoms with Crippen molar-refractivity contribution in [2.24, 2.45) is 5.92 Å². The van der Waals surface area contributed by atoms with Gasteiger partial charge in [0.2, 0.25) is 5.91 Å². The quantitative estimate of drug-likeness (QED) is 0.770. The first-order chi connectivity index (χ1) is 12.8. The number of carbonyl (C=O) groups is 1. The van der Waals surface area contributed by atoms with Gasteiger partial charge in [0.25, 0.3) is 0 Å². The number of piperazine rings is 1. The first kappa shape index (κ1) is 16.0. The number of nitrogens with one attached hydrogen (secondary N) is 1. The number of imidazole rings is 1. The third kappa shape index (κ3) is 3.04. The molecule has 2 fully saturated rings. The molecule has 6 heteroatoms. The summed E-state index contributed by atoms with van der Waals surface area (Å²) in [5, 5.41) is 2.12. The van der Waals surface area contributed by atoms with E-state index in [0.717, 1.165) is 55.9 Å². The molecule has 0 bridgehead atoms. The van der Waals surface area contributed by atoms with Gasteiger partial charge in [0, 0.05) is 37.0 Å². The SMILES string of the molecule is O=C(C1CC1)N1CCN(Cc2cccs2)CC1c1nc2ccccc2[nH]1. The summed E-state index contributed by atoms with van der Waals surface area (Å²) in [6.07, 6.45) is 2.09. The number of amides is 1. The third-order valence-electron chi connectivity index (χ3n) is 5.36. The molecule has 26 heavy (non-hydrogen) atoms. The predicted molar refractivity (Wildman–Crippen MR) is 103 cm³/mol. The lowest BCUT2D eigenvalue weighted by Gasteiger charge is -2.40. The van der Waals surface area contributed by atoms with E-state index in [-0.39, 0.29) is 12.0 Å². The molecule has 1 N–H and O–H groups in total. The van der Waals surface area contributed by atoms with Gasteiger partial charge in [0.05, 0.1) is 11.0 Å². The molecule has 5 rings (SSSR count). The zero-order valence-electron chi connectivity index (χ0n) is 14.6. The Hall–Kier alpha value is -2.18. The smallest absolute Gasteiger partial charge is 0.226 e. The molecule has 1 atom stereocenters. The van der Waals surface area contributed by atoms with E-state index < -0.39 is 0 Å². The molecule has 0 radical (unpaired) electrons. The molecule has 1 unspecified atom stereocenters. The average molecular weight is 366 g/mol. The Morgan fingerprint density at radius 2 is 2.08 bits per heavy atom. The Labute approximate surface area is 156 Å². The van der Waals surface area contributed by atoms with Crippen LogP contribution in [0.3, 0.4) is 0 Å². The molecule has 2 aliphatic rings. The van der Waals surface area contributed by atoms with Gasteiger partial charge in [0.1, 0.15) is 11.9 Å². The molecular weight excluding hydrogens is 344 g/mol. The van der Waals surface area contributed by atoms with Gasteiger partial charge in [-0.3, -0.25) is 9.69 Å². The molecule has 134 valence electrons. The number of hydrogen-bond donors (Lipinski definition) is 1. The fraction of sp³-hybridized carbons (Fsp3) is 0.400. The average Bonchev–Trinajstić information content (AvgIpc) is 3.22. The number of para-hydroxylation sites is 2. The summed E-state index contributed by atoms with van der Waals surface area (Å²) in [7, 11) is 0. The third-order valence-corrected chi connectivity index (χ3v) is 6.22. The highest BCUT2D eigenvalue weighted by atomic mass is 32.1. The lowest BCUT2D eigenvalue weighted by atomic mass is 10.1. The molecule has 1 aromatic carbocycles. The molecule has 1 aliphatic carbocycles. The number of nitrogens with zero attached hydrogens (tertiary/aromatic N) is 3. The molecule has 1 saturated heterocycles. The maximum absolute atomic E-state index is 12.9. The number of aromatic nitrogens is 2. The summed E-state index contributed by atoms with van der Waals surface area (Å²) >= 11 is 1.79. The second-order valence-electron chi connectivity index (χ2n) is 7.28. The van der Waals surface area contributed by atoms with Gasteiger partial charge in [-0.1, -0.05) is 18.2 Å². The second kappa shape index (κ2) is 6.52. The molecule has 1 saturated carbocycles. The van der Waals surface area contributed by atoms with Crippen LogP contribution in [0.15, 0.2) is 41.8 Å². The Balaban J connectivity index is 1.44. The molecule has 5 nitrogen and oxygen atoms in total. The Morgan fingerprint density at radius 3 is 2.85 bits per heavy atom. The monoisotopic (exact) mass is 366 g/mol. The Kier molecular flexibility index (Phi) is 4.02. The van der Waals surface area contributed by atoms with E-state index in [4.69, 9.17) is 4.98 Å². The zero-order valence-corrected chi connectivity index (χ0v) is 15.4. The zero-order chi connectivity index (χ0) is 17.5. The van der Waals surface area contributed by atoms with Crippen LogP contribution in [0.5, 0.6) is 0 Å².